The lowest BCUT2D eigenvalue weighted by Gasteiger charge is -2.32. The summed E-state index contributed by atoms with van der Waals surface area (Å²) < 4.78 is 11.1. The van der Waals surface area contributed by atoms with Crippen molar-refractivity contribution in [3.05, 3.63) is 23.8 Å². The van der Waals surface area contributed by atoms with Crippen LogP contribution in [0.15, 0.2) is 18.2 Å². The smallest absolute Gasteiger partial charge is 0.235 e. The maximum atomic E-state index is 12.5. The molecule has 4 rings (SSSR count). The summed E-state index contributed by atoms with van der Waals surface area (Å²) in [5.74, 6) is 1.02. The van der Waals surface area contributed by atoms with E-state index in [1.807, 2.05) is 18.2 Å². The number of ether oxygens (including phenoxy) is 2. The van der Waals surface area contributed by atoms with Gasteiger partial charge in [0, 0.05) is 11.3 Å². The van der Waals surface area contributed by atoms with Gasteiger partial charge in [-0.15, -0.1) is 0 Å². The molecule has 0 radical (unpaired) electrons. The lowest BCUT2D eigenvalue weighted by molar-refractivity contribution is -0.122. The average Bonchev–Trinajstić information content (AvgIpc) is 3.26. The molecule has 1 saturated heterocycles. The predicted molar refractivity (Wildman–Crippen MR) is 75.1 cm³/mol. The number of epoxide rings is 1. The molecule has 1 atom stereocenters. The summed E-state index contributed by atoms with van der Waals surface area (Å²) in [7, 11) is 0. The molecule has 106 valence electrons. The molecule has 1 unspecified atom stereocenters. The Bertz CT molecular complexity index is 545. The van der Waals surface area contributed by atoms with Crippen molar-refractivity contribution in [2.45, 2.75) is 43.6 Å². The molecule has 2 fully saturated rings. The normalized spacial score (nSPS) is 26.2. The number of fused-ring (bicyclic) bond motifs is 2. The van der Waals surface area contributed by atoms with E-state index in [-0.39, 0.29) is 17.4 Å². The first kappa shape index (κ1) is 12.2. The number of amides is 1. The van der Waals surface area contributed by atoms with Crippen molar-refractivity contribution in [2.24, 2.45) is 0 Å². The summed E-state index contributed by atoms with van der Waals surface area (Å²) in [6.07, 6.45) is 5.57. The number of nitrogens with one attached hydrogen (secondary N) is 1. The summed E-state index contributed by atoms with van der Waals surface area (Å²) in [4.78, 5) is 12.5. The molecule has 1 aliphatic carbocycles. The molecular weight excluding hydrogens is 254 g/mol. The van der Waals surface area contributed by atoms with Crippen molar-refractivity contribution in [3.8, 4) is 5.75 Å². The summed E-state index contributed by atoms with van der Waals surface area (Å²) in [5, 5.41) is 3.05. The van der Waals surface area contributed by atoms with Crippen molar-refractivity contribution >= 4 is 11.6 Å². The van der Waals surface area contributed by atoms with Crippen molar-refractivity contribution in [3.63, 3.8) is 0 Å². The van der Waals surface area contributed by atoms with Gasteiger partial charge >= 0.3 is 0 Å². The van der Waals surface area contributed by atoms with Gasteiger partial charge in [0.1, 0.15) is 18.5 Å². The monoisotopic (exact) mass is 273 g/mol. The van der Waals surface area contributed by atoms with Crippen LogP contribution in [0.2, 0.25) is 0 Å². The highest BCUT2D eigenvalue weighted by atomic mass is 16.6. The molecule has 2 aliphatic heterocycles. The molecule has 1 aromatic rings. The minimum atomic E-state index is -0.353. The van der Waals surface area contributed by atoms with E-state index in [0.717, 1.165) is 49.3 Å². The number of anilines is 1. The van der Waals surface area contributed by atoms with Crippen LogP contribution in [0.25, 0.3) is 0 Å². The Morgan fingerprint density at radius 3 is 2.85 bits per heavy atom. The van der Waals surface area contributed by atoms with Crippen LogP contribution in [0.5, 0.6) is 5.75 Å². The molecule has 4 heteroatoms. The van der Waals surface area contributed by atoms with Gasteiger partial charge in [-0.1, -0.05) is 25.3 Å². The molecule has 1 spiro atoms. The Labute approximate surface area is 118 Å². The van der Waals surface area contributed by atoms with Crippen LogP contribution in [0, 0.1) is 0 Å². The van der Waals surface area contributed by atoms with E-state index >= 15 is 0 Å². The van der Waals surface area contributed by atoms with Crippen LogP contribution in [0.4, 0.5) is 5.69 Å². The molecule has 0 aromatic heterocycles. The molecule has 20 heavy (non-hydrogen) atoms. The second-order valence-electron chi connectivity index (χ2n) is 6.04. The van der Waals surface area contributed by atoms with E-state index in [1.165, 1.54) is 6.42 Å². The zero-order valence-electron chi connectivity index (χ0n) is 11.5. The Hall–Kier alpha value is -1.55. The third-order valence-electron chi connectivity index (χ3n) is 4.72. The van der Waals surface area contributed by atoms with Crippen LogP contribution in [0.1, 0.15) is 37.7 Å². The Kier molecular flexibility index (Phi) is 2.74. The van der Waals surface area contributed by atoms with Crippen molar-refractivity contribution in [1.82, 2.24) is 0 Å². The van der Waals surface area contributed by atoms with E-state index in [9.17, 15) is 4.79 Å². The summed E-state index contributed by atoms with van der Waals surface area (Å²) >= 11 is 0. The number of benzene rings is 1. The van der Waals surface area contributed by atoms with E-state index in [1.54, 1.807) is 0 Å². The first-order valence-electron chi connectivity index (χ1n) is 7.49. The lowest BCUT2D eigenvalue weighted by Crippen LogP contribution is -2.36. The fourth-order valence-electron chi connectivity index (χ4n) is 3.58. The Morgan fingerprint density at radius 2 is 2.10 bits per heavy atom. The van der Waals surface area contributed by atoms with E-state index in [4.69, 9.17) is 9.47 Å². The minimum absolute atomic E-state index is 0.158. The number of carbonyl (C=O) groups excluding carboxylic acids is 1. The molecular formula is C16H19NO3. The standard InChI is InChI=1S/C16H19NO3/c18-15-16(7-2-1-3-8-16)14-12(17-15)5-4-6-13(14)20-10-11-9-19-11/h4-6,11H,1-3,7-10H2,(H,17,18). The highest BCUT2D eigenvalue weighted by molar-refractivity contribution is 6.07. The quantitative estimate of drug-likeness (QED) is 0.861. The summed E-state index contributed by atoms with van der Waals surface area (Å²) in [6.45, 7) is 1.37. The lowest BCUT2D eigenvalue weighted by atomic mass is 9.70. The number of hydrogen-bond donors (Lipinski definition) is 1. The van der Waals surface area contributed by atoms with Crippen LogP contribution in [-0.2, 0) is 14.9 Å². The SMILES string of the molecule is O=C1Nc2cccc(OCC3CO3)c2C12CCCCC2. The largest absolute Gasteiger partial charge is 0.490 e. The van der Waals surface area contributed by atoms with Gasteiger partial charge in [0.2, 0.25) is 5.91 Å². The van der Waals surface area contributed by atoms with Gasteiger partial charge in [0.05, 0.1) is 12.0 Å². The fraction of sp³-hybridized carbons (Fsp3) is 0.562. The minimum Gasteiger partial charge on any atom is -0.490 e. The topological polar surface area (TPSA) is 50.9 Å². The van der Waals surface area contributed by atoms with Gasteiger partial charge in [-0.3, -0.25) is 4.79 Å². The molecule has 1 saturated carbocycles. The molecule has 4 nitrogen and oxygen atoms in total. The van der Waals surface area contributed by atoms with Crippen LogP contribution >= 0.6 is 0 Å². The predicted octanol–water partition coefficient (Wildman–Crippen LogP) is 2.62. The number of rotatable bonds is 3. The highest BCUT2D eigenvalue weighted by Crippen LogP contribution is 2.51. The number of hydrogen-bond acceptors (Lipinski definition) is 3. The first-order chi connectivity index (χ1) is 9.79. The van der Waals surface area contributed by atoms with Crippen molar-refractivity contribution in [2.75, 3.05) is 18.5 Å². The van der Waals surface area contributed by atoms with Gasteiger partial charge in [-0.2, -0.15) is 0 Å². The van der Waals surface area contributed by atoms with Gasteiger partial charge < -0.3 is 14.8 Å². The zero-order valence-corrected chi connectivity index (χ0v) is 11.5. The van der Waals surface area contributed by atoms with Gasteiger partial charge in [-0.05, 0) is 25.0 Å². The Balaban J connectivity index is 1.72. The molecule has 3 aliphatic rings. The second kappa shape index (κ2) is 4.48. The van der Waals surface area contributed by atoms with Gasteiger partial charge in [-0.25, -0.2) is 0 Å². The zero-order chi connectivity index (χ0) is 13.6. The third kappa shape index (κ3) is 1.82. The third-order valence-corrected chi connectivity index (χ3v) is 4.72. The molecule has 1 amide bonds. The molecule has 1 aromatic carbocycles. The second-order valence-corrected chi connectivity index (χ2v) is 6.04. The average molecular weight is 273 g/mol. The Morgan fingerprint density at radius 1 is 1.30 bits per heavy atom. The maximum absolute atomic E-state index is 12.5. The van der Waals surface area contributed by atoms with E-state index in [2.05, 4.69) is 5.32 Å². The molecule has 1 N–H and O–H groups in total. The fourth-order valence-corrected chi connectivity index (χ4v) is 3.58. The highest BCUT2D eigenvalue weighted by Gasteiger charge is 2.49. The van der Waals surface area contributed by atoms with Gasteiger partial charge in [0.15, 0.2) is 0 Å². The maximum Gasteiger partial charge on any atom is 0.235 e. The molecule has 2 heterocycles. The summed E-state index contributed by atoms with van der Waals surface area (Å²) in [5.41, 5.74) is 1.67. The van der Waals surface area contributed by atoms with Crippen molar-refractivity contribution in [1.29, 1.82) is 0 Å². The number of carbonyl (C=O) groups is 1. The van der Waals surface area contributed by atoms with E-state index < -0.39 is 0 Å². The van der Waals surface area contributed by atoms with Crippen molar-refractivity contribution < 1.29 is 14.3 Å². The van der Waals surface area contributed by atoms with Gasteiger partial charge in [0.25, 0.3) is 0 Å². The first-order valence-corrected chi connectivity index (χ1v) is 7.49. The van der Waals surface area contributed by atoms with E-state index in [0.29, 0.717) is 6.61 Å². The molecule has 0 bridgehead atoms. The van der Waals surface area contributed by atoms with Crippen LogP contribution in [0.3, 0.4) is 0 Å². The summed E-state index contributed by atoms with van der Waals surface area (Å²) in [6, 6.07) is 5.92. The van der Waals surface area contributed by atoms with Crippen LogP contribution < -0.4 is 10.1 Å². The van der Waals surface area contributed by atoms with Crippen LogP contribution in [-0.4, -0.2) is 25.2 Å².